The zero-order valence-electron chi connectivity index (χ0n) is 9.97. The summed E-state index contributed by atoms with van der Waals surface area (Å²) in [5, 5.41) is 9.19. The van der Waals surface area contributed by atoms with Crippen molar-refractivity contribution in [1.82, 2.24) is 4.57 Å². The first-order valence-electron chi connectivity index (χ1n) is 5.62. The summed E-state index contributed by atoms with van der Waals surface area (Å²) in [7, 11) is 0. The fourth-order valence-electron chi connectivity index (χ4n) is 1.90. The molecule has 1 aromatic carbocycles. The van der Waals surface area contributed by atoms with Gasteiger partial charge in [-0.05, 0) is 19.4 Å². The predicted molar refractivity (Wildman–Crippen MR) is 67.2 cm³/mol. The fourth-order valence-corrected chi connectivity index (χ4v) is 1.90. The molecule has 0 spiro atoms. The normalized spacial score (nSPS) is 10.5. The van der Waals surface area contributed by atoms with Gasteiger partial charge in [-0.3, -0.25) is 0 Å². The summed E-state index contributed by atoms with van der Waals surface area (Å²) >= 11 is 0. The summed E-state index contributed by atoms with van der Waals surface area (Å²) in [6, 6.07) is 7.89. The topological polar surface area (TPSA) is 42.2 Å². The Morgan fingerprint density at radius 3 is 2.71 bits per heavy atom. The van der Waals surface area contributed by atoms with Crippen molar-refractivity contribution in [2.24, 2.45) is 0 Å². The van der Waals surface area contributed by atoms with Crippen LogP contribution in [0.15, 0.2) is 36.7 Å². The second-order valence-electron chi connectivity index (χ2n) is 4.09. The molecule has 3 heteroatoms. The summed E-state index contributed by atoms with van der Waals surface area (Å²) in [5.74, 6) is -0.881. The summed E-state index contributed by atoms with van der Waals surface area (Å²) in [4.78, 5) is 11.2. The molecular weight excluding hydrogens is 214 g/mol. The highest BCUT2D eigenvalue weighted by molar-refractivity contribution is 5.96. The van der Waals surface area contributed by atoms with E-state index in [1.165, 1.54) is 0 Å². The highest BCUT2D eigenvalue weighted by Crippen LogP contribution is 2.25. The first-order chi connectivity index (χ1) is 8.11. The molecule has 1 N–H and O–H groups in total. The Hall–Kier alpha value is -2.03. The zero-order valence-corrected chi connectivity index (χ0v) is 9.97. The smallest absolute Gasteiger partial charge is 0.337 e. The summed E-state index contributed by atoms with van der Waals surface area (Å²) < 4.78 is 1.89. The molecule has 0 aliphatic heterocycles. The van der Waals surface area contributed by atoms with Crippen molar-refractivity contribution < 1.29 is 9.90 Å². The summed E-state index contributed by atoms with van der Waals surface area (Å²) in [5.41, 5.74) is 3.22. The SMILES string of the molecule is CCn1cc(C(=O)O)c(-c2cccc(C)c2)c1. The molecule has 2 rings (SSSR count). The van der Waals surface area contributed by atoms with Gasteiger partial charge in [0.1, 0.15) is 0 Å². The quantitative estimate of drug-likeness (QED) is 0.878. The van der Waals surface area contributed by atoms with Crippen LogP contribution in [0.4, 0.5) is 0 Å². The highest BCUT2D eigenvalue weighted by atomic mass is 16.4. The van der Waals surface area contributed by atoms with E-state index in [0.29, 0.717) is 5.56 Å². The molecule has 0 saturated heterocycles. The van der Waals surface area contributed by atoms with E-state index in [9.17, 15) is 9.90 Å². The lowest BCUT2D eigenvalue weighted by Gasteiger charge is -2.01. The maximum absolute atomic E-state index is 11.2. The van der Waals surface area contributed by atoms with E-state index in [0.717, 1.165) is 23.2 Å². The van der Waals surface area contributed by atoms with Crippen molar-refractivity contribution >= 4 is 5.97 Å². The number of aromatic nitrogens is 1. The van der Waals surface area contributed by atoms with Gasteiger partial charge in [0.2, 0.25) is 0 Å². The minimum Gasteiger partial charge on any atom is -0.478 e. The lowest BCUT2D eigenvalue weighted by molar-refractivity contribution is 0.0697. The summed E-state index contributed by atoms with van der Waals surface area (Å²) in [6.45, 7) is 4.76. The van der Waals surface area contributed by atoms with Gasteiger partial charge in [0, 0.05) is 24.5 Å². The van der Waals surface area contributed by atoms with Crippen LogP contribution in [0.2, 0.25) is 0 Å². The van der Waals surface area contributed by atoms with Gasteiger partial charge in [0.15, 0.2) is 0 Å². The number of aromatic carboxylic acids is 1. The average Bonchev–Trinajstić information content (AvgIpc) is 2.73. The average molecular weight is 229 g/mol. The van der Waals surface area contributed by atoms with Crippen LogP contribution >= 0.6 is 0 Å². The van der Waals surface area contributed by atoms with Crippen LogP contribution in [0.3, 0.4) is 0 Å². The fraction of sp³-hybridized carbons (Fsp3) is 0.214. The maximum Gasteiger partial charge on any atom is 0.337 e. The van der Waals surface area contributed by atoms with Gasteiger partial charge in [-0.15, -0.1) is 0 Å². The highest BCUT2D eigenvalue weighted by Gasteiger charge is 2.14. The lowest BCUT2D eigenvalue weighted by atomic mass is 10.0. The molecular formula is C14H15NO2. The van der Waals surface area contributed by atoms with Crippen LogP contribution in [0, 0.1) is 6.92 Å². The van der Waals surface area contributed by atoms with Crippen LogP contribution in [0.25, 0.3) is 11.1 Å². The van der Waals surface area contributed by atoms with Gasteiger partial charge in [0.25, 0.3) is 0 Å². The molecule has 0 bridgehead atoms. The zero-order chi connectivity index (χ0) is 12.4. The van der Waals surface area contributed by atoms with Gasteiger partial charge in [-0.2, -0.15) is 0 Å². The molecule has 17 heavy (non-hydrogen) atoms. The number of benzene rings is 1. The van der Waals surface area contributed by atoms with Crippen LogP contribution in [-0.4, -0.2) is 15.6 Å². The van der Waals surface area contributed by atoms with Crippen molar-refractivity contribution in [3.63, 3.8) is 0 Å². The molecule has 0 fully saturated rings. The Balaban J connectivity index is 2.57. The van der Waals surface area contributed by atoms with Crippen molar-refractivity contribution in [2.75, 3.05) is 0 Å². The molecule has 0 amide bonds. The second-order valence-corrected chi connectivity index (χ2v) is 4.09. The van der Waals surface area contributed by atoms with E-state index in [-0.39, 0.29) is 0 Å². The standard InChI is InChI=1S/C14H15NO2/c1-3-15-8-12(13(9-15)14(16)17)11-6-4-5-10(2)7-11/h4-9H,3H2,1-2H3,(H,16,17). The van der Waals surface area contributed by atoms with Gasteiger partial charge in [-0.1, -0.05) is 29.8 Å². The van der Waals surface area contributed by atoms with Crippen molar-refractivity contribution in [1.29, 1.82) is 0 Å². The Kier molecular flexibility index (Phi) is 3.00. The molecule has 88 valence electrons. The number of hydrogen-bond acceptors (Lipinski definition) is 1. The van der Waals surface area contributed by atoms with Crippen molar-refractivity contribution in [3.8, 4) is 11.1 Å². The molecule has 0 saturated carbocycles. The minimum absolute atomic E-state index is 0.359. The molecule has 0 atom stereocenters. The number of carboxylic acids is 1. The second kappa shape index (κ2) is 4.45. The third-order valence-electron chi connectivity index (χ3n) is 2.80. The first-order valence-corrected chi connectivity index (χ1v) is 5.62. The first kappa shape index (κ1) is 11.5. The Labute approximate surface area is 100 Å². The maximum atomic E-state index is 11.2. The number of aryl methyl sites for hydroxylation is 2. The number of nitrogens with zero attached hydrogens (tertiary/aromatic N) is 1. The summed E-state index contributed by atoms with van der Waals surface area (Å²) in [6.07, 6.45) is 3.57. The van der Waals surface area contributed by atoms with Gasteiger partial charge in [0.05, 0.1) is 5.56 Å². The monoisotopic (exact) mass is 229 g/mol. The molecule has 3 nitrogen and oxygen atoms in total. The number of rotatable bonds is 3. The van der Waals surface area contributed by atoms with E-state index in [1.807, 2.05) is 48.9 Å². The largest absolute Gasteiger partial charge is 0.478 e. The molecule has 1 heterocycles. The van der Waals surface area contributed by atoms with E-state index in [2.05, 4.69) is 0 Å². The Morgan fingerprint density at radius 2 is 2.12 bits per heavy atom. The Morgan fingerprint density at radius 1 is 1.35 bits per heavy atom. The molecule has 0 unspecified atom stereocenters. The van der Waals surface area contributed by atoms with Gasteiger partial charge >= 0.3 is 5.97 Å². The number of carbonyl (C=O) groups is 1. The minimum atomic E-state index is -0.881. The third-order valence-corrected chi connectivity index (χ3v) is 2.80. The van der Waals surface area contributed by atoms with E-state index in [4.69, 9.17) is 0 Å². The lowest BCUT2D eigenvalue weighted by Crippen LogP contribution is -1.96. The Bertz CT molecular complexity index is 555. The van der Waals surface area contributed by atoms with Crippen LogP contribution < -0.4 is 0 Å². The molecule has 0 aliphatic carbocycles. The van der Waals surface area contributed by atoms with Crippen molar-refractivity contribution in [3.05, 3.63) is 47.8 Å². The van der Waals surface area contributed by atoms with Crippen LogP contribution in [0.1, 0.15) is 22.8 Å². The van der Waals surface area contributed by atoms with Crippen LogP contribution in [0.5, 0.6) is 0 Å². The third kappa shape index (κ3) is 2.23. The van der Waals surface area contributed by atoms with E-state index in [1.54, 1.807) is 6.20 Å². The van der Waals surface area contributed by atoms with Gasteiger partial charge in [-0.25, -0.2) is 4.79 Å². The van der Waals surface area contributed by atoms with Gasteiger partial charge < -0.3 is 9.67 Å². The predicted octanol–water partition coefficient (Wildman–Crippen LogP) is 3.18. The van der Waals surface area contributed by atoms with Crippen molar-refractivity contribution in [2.45, 2.75) is 20.4 Å². The van der Waals surface area contributed by atoms with E-state index >= 15 is 0 Å². The van der Waals surface area contributed by atoms with E-state index < -0.39 is 5.97 Å². The molecule has 1 aromatic heterocycles. The molecule has 0 radical (unpaired) electrons. The number of hydrogen-bond donors (Lipinski definition) is 1. The van der Waals surface area contributed by atoms with Crippen LogP contribution in [-0.2, 0) is 6.54 Å². The number of carboxylic acid groups (broad SMARTS) is 1. The molecule has 0 aliphatic rings. The molecule has 2 aromatic rings.